The van der Waals surface area contributed by atoms with Gasteiger partial charge in [-0.1, -0.05) is 12.1 Å². The molecule has 1 aromatic carbocycles. The monoisotopic (exact) mass is 272 g/mol. The SMILES string of the molecule is CC(N)C(=O)NC1(c2ccc(C(F)(F)F)cc2)CC1. The van der Waals surface area contributed by atoms with Gasteiger partial charge in [-0.05, 0) is 37.5 Å². The molecule has 0 spiro atoms. The van der Waals surface area contributed by atoms with Crippen LogP contribution in [0.3, 0.4) is 0 Å². The van der Waals surface area contributed by atoms with Gasteiger partial charge in [0.05, 0.1) is 17.1 Å². The number of hydrogen-bond acceptors (Lipinski definition) is 2. The zero-order valence-electron chi connectivity index (χ0n) is 10.4. The third kappa shape index (κ3) is 2.89. The number of alkyl halides is 3. The molecule has 0 bridgehead atoms. The number of carbonyl (C=O) groups is 1. The highest BCUT2D eigenvalue weighted by molar-refractivity contribution is 5.82. The summed E-state index contributed by atoms with van der Waals surface area (Å²) in [7, 11) is 0. The van der Waals surface area contributed by atoms with Gasteiger partial charge in [-0.15, -0.1) is 0 Å². The van der Waals surface area contributed by atoms with E-state index in [0.29, 0.717) is 5.56 Å². The van der Waals surface area contributed by atoms with Crippen molar-refractivity contribution in [3.05, 3.63) is 35.4 Å². The molecule has 2 rings (SSSR count). The van der Waals surface area contributed by atoms with Crippen LogP contribution in [0, 0.1) is 0 Å². The number of nitrogens with one attached hydrogen (secondary N) is 1. The second-order valence-electron chi connectivity index (χ2n) is 4.94. The van der Waals surface area contributed by atoms with E-state index in [9.17, 15) is 18.0 Å². The third-order valence-corrected chi connectivity index (χ3v) is 3.29. The Balaban J connectivity index is 2.16. The maximum Gasteiger partial charge on any atom is 0.416 e. The molecule has 0 saturated heterocycles. The van der Waals surface area contributed by atoms with Crippen molar-refractivity contribution in [3.63, 3.8) is 0 Å². The predicted octanol–water partition coefficient (Wildman–Crippen LogP) is 2.16. The van der Waals surface area contributed by atoms with E-state index >= 15 is 0 Å². The highest BCUT2D eigenvalue weighted by Gasteiger charge is 2.46. The first-order chi connectivity index (χ1) is 8.74. The van der Waals surface area contributed by atoms with E-state index in [4.69, 9.17) is 5.73 Å². The van der Waals surface area contributed by atoms with Gasteiger partial charge in [0.2, 0.25) is 5.91 Å². The van der Waals surface area contributed by atoms with Gasteiger partial charge in [0.25, 0.3) is 0 Å². The molecule has 1 unspecified atom stereocenters. The first kappa shape index (κ1) is 13.9. The number of amides is 1. The van der Waals surface area contributed by atoms with Crippen molar-refractivity contribution >= 4 is 5.91 Å². The van der Waals surface area contributed by atoms with Crippen molar-refractivity contribution in [2.24, 2.45) is 5.73 Å². The van der Waals surface area contributed by atoms with E-state index in [1.807, 2.05) is 0 Å². The number of rotatable bonds is 3. The molecular formula is C13H15F3N2O. The molecule has 1 fully saturated rings. The van der Waals surface area contributed by atoms with Crippen LogP contribution in [-0.4, -0.2) is 11.9 Å². The summed E-state index contributed by atoms with van der Waals surface area (Å²) in [5.41, 5.74) is 4.94. The minimum absolute atomic E-state index is 0.294. The van der Waals surface area contributed by atoms with Crippen molar-refractivity contribution < 1.29 is 18.0 Å². The van der Waals surface area contributed by atoms with Crippen LogP contribution in [0.4, 0.5) is 13.2 Å². The van der Waals surface area contributed by atoms with Crippen molar-refractivity contribution in [3.8, 4) is 0 Å². The Morgan fingerprint density at radius 3 is 2.21 bits per heavy atom. The Labute approximate surface area is 109 Å². The minimum atomic E-state index is -4.34. The van der Waals surface area contributed by atoms with Gasteiger partial charge in [-0.3, -0.25) is 4.79 Å². The molecule has 1 amide bonds. The normalized spacial score (nSPS) is 18.8. The van der Waals surface area contributed by atoms with Gasteiger partial charge in [0, 0.05) is 0 Å². The van der Waals surface area contributed by atoms with Crippen LogP contribution in [0.2, 0.25) is 0 Å². The molecule has 3 N–H and O–H groups in total. The van der Waals surface area contributed by atoms with Gasteiger partial charge >= 0.3 is 6.18 Å². The number of benzene rings is 1. The standard InChI is InChI=1S/C13H15F3N2O/c1-8(17)11(19)18-12(6-7-12)9-2-4-10(5-3-9)13(14,15)16/h2-5,8H,6-7,17H2,1H3,(H,18,19). The zero-order chi connectivity index (χ0) is 14.3. The lowest BCUT2D eigenvalue weighted by atomic mass is 10.0. The van der Waals surface area contributed by atoms with Gasteiger partial charge < -0.3 is 11.1 Å². The molecule has 1 aliphatic rings. The van der Waals surface area contributed by atoms with Crippen LogP contribution in [0.15, 0.2) is 24.3 Å². The number of halogens is 3. The summed E-state index contributed by atoms with van der Waals surface area (Å²) < 4.78 is 37.4. The van der Waals surface area contributed by atoms with Crippen LogP contribution in [0.1, 0.15) is 30.9 Å². The fourth-order valence-corrected chi connectivity index (χ4v) is 1.94. The summed E-state index contributed by atoms with van der Waals surface area (Å²) in [6.45, 7) is 1.57. The second kappa shape index (κ2) is 4.52. The van der Waals surface area contributed by atoms with Gasteiger partial charge in [0.15, 0.2) is 0 Å². The Morgan fingerprint density at radius 1 is 1.32 bits per heavy atom. The molecule has 104 valence electrons. The topological polar surface area (TPSA) is 55.1 Å². The van der Waals surface area contributed by atoms with Gasteiger partial charge in [0.1, 0.15) is 0 Å². The predicted molar refractivity (Wildman–Crippen MR) is 64.1 cm³/mol. The highest BCUT2D eigenvalue weighted by Crippen LogP contribution is 2.46. The van der Waals surface area contributed by atoms with E-state index in [1.165, 1.54) is 12.1 Å². The molecule has 1 aromatic rings. The fourth-order valence-electron chi connectivity index (χ4n) is 1.94. The molecule has 6 heteroatoms. The van der Waals surface area contributed by atoms with Crippen molar-refractivity contribution in [2.45, 2.75) is 37.5 Å². The molecular weight excluding hydrogens is 257 g/mol. The van der Waals surface area contributed by atoms with Gasteiger partial charge in [-0.2, -0.15) is 13.2 Å². The van der Waals surface area contributed by atoms with E-state index < -0.39 is 23.3 Å². The maximum atomic E-state index is 12.5. The Kier molecular flexibility index (Phi) is 3.30. The number of nitrogens with two attached hydrogens (primary N) is 1. The van der Waals surface area contributed by atoms with Gasteiger partial charge in [-0.25, -0.2) is 0 Å². The van der Waals surface area contributed by atoms with Crippen molar-refractivity contribution in [1.29, 1.82) is 0 Å². The Morgan fingerprint density at radius 2 is 1.84 bits per heavy atom. The summed E-state index contributed by atoms with van der Waals surface area (Å²) in [5.74, 6) is -0.294. The van der Waals surface area contributed by atoms with Crippen LogP contribution >= 0.6 is 0 Å². The summed E-state index contributed by atoms with van der Waals surface area (Å²) in [6, 6.07) is 4.27. The van der Waals surface area contributed by atoms with Crippen molar-refractivity contribution in [2.75, 3.05) is 0 Å². The largest absolute Gasteiger partial charge is 0.416 e. The minimum Gasteiger partial charge on any atom is -0.345 e. The van der Waals surface area contributed by atoms with Crippen LogP contribution in [-0.2, 0) is 16.5 Å². The third-order valence-electron chi connectivity index (χ3n) is 3.29. The number of hydrogen-bond donors (Lipinski definition) is 2. The first-order valence-corrected chi connectivity index (χ1v) is 6.00. The van der Waals surface area contributed by atoms with Crippen LogP contribution < -0.4 is 11.1 Å². The van der Waals surface area contributed by atoms with E-state index in [1.54, 1.807) is 6.92 Å². The highest BCUT2D eigenvalue weighted by atomic mass is 19.4. The lowest BCUT2D eigenvalue weighted by molar-refractivity contribution is -0.137. The summed E-state index contributed by atoms with van der Waals surface area (Å²) in [4.78, 5) is 11.6. The second-order valence-corrected chi connectivity index (χ2v) is 4.94. The molecule has 0 aliphatic heterocycles. The lowest BCUT2D eigenvalue weighted by Gasteiger charge is -2.20. The zero-order valence-corrected chi connectivity index (χ0v) is 10.4. The maximum absolute atomic E-state index is 12.5. The van der Waals surface area contributed by atoms with E-state index in [-0.39, 0.29) is 5.91 Å². The first-order valence-electron chi connectivity index (χ1n) is 6.00. The molecule has 19 heavy (non-hydrogen) atoms. The molecule has 1 atom stereocenters. The van der Waals surface area contributed by atoms with E-state index in [2.05, 4.69) is 5.32 Å². The Bertz CT molecular complexity index is 476. The molecule has 0 radical (unpaired) electrons. The average Bonchev–Trinajstić information content (AvgIpc) is 3.09. The quantitative estimate of drug-likeness (QED) is 0.886. The molecule has 0 heterocycles. The molecule has 3 nitrogen and oxygen atoms in total. The summed E-state index contributed by atoms with van der Waals surface area (Å²) in [6.07, 6.45) is -2.90. The smallest absolute Gasteiger partial charge is 0.345 e. The summed E-state index contributed by atoms with van der Waals surface area (Å²) in [5, 5.41) is 2.80. The lowest BCUT2D eigenvalue weighted by Crippen LogP contribution is -2.44. The summed E-state index contributed by atoms with van der Waals surface area (Å²) >= 11 is 0. The van der Waals surface area contributed by atoms with Crippen LogP contribution in [0.25, 0.3) is 0 Å². The Hall–Kier alpha value is -1.56. The fraction of sp³-hybridized carbons (Fsp3) is 0.462. The van der Waals surface area contributed by atoms with Crippen molar-refractivity contribution in [1.82, 2.24) is 5.32 Å². The molecule has 1 aliphatic carbocycles. The van der Waals surface area contributed by atoms with Crippen LogP contribution in [0.5, 0.6) is 0 Å². The molecule has 1 saturated carbocycles. The number of carbonyl (C=O) groups excluding carboxylic acids is 1. The average molecular weight is 272 g/mol. The van der Waals surface area contributed by atoms with E-state index in [0.717, 1.165) is 25.0 Å². The molecule has 0 aromatic heterocycles.